The van der Waals surface area contributed by atoms with Crippen LogP contribution in [0.15, 0.2) is 18.2 Å². The van der Waals surface area contributed by atoms with Crippen molar-refractivity contribution in [2.75, 3.05) is 0 Å². The molecule has 0 aliphatic carbocycles. The van der Waals surface area contributed by atoms with Gasteiger partial charge in [-0.25, -0.2) is 4.39 Å². The van der Waals surface area contributed by atoms with Crippen molar-refractivity contribution >= 4 is 29.0 Å². The van der Waals surface area contributed by atoms with Crippen LogP contribution < -0.4 is 0 Å². The third-order valence-electron chi connectivity index (χ3n) is 1.79. The molecule has 0 aliphatic heterocycles. The lowest BCUT2D eigenvalue weighted by Gasteiger charge is -2.05. The molecule has 1 aromatic carbocycles. The zero-order valence-electron chi connectivity index (χ0n) is 7.56. The summed E-state index contributed by atoms with van der Waals surface area (Å²) in [7, 11) is 0. The van der Waals surface area contributed by atoms with Crippen LogP contribution in [0.3, 0.4) is 0 Å². The first-order valence-corrected chi connectivity index (χ1v) is 5.00. The summed E-state index contributed by atoms with van der Waals surface area (Å²) >= 11 is 11.3. The minimum Gasteiger partial charge on any atom is -0.293 e. The molecular weight excluding hydrogens is 226 g/mol. The monoisotopic (exact) mass is 234 g/mol. The third kappa shape index (κ3) is 2.69. The molecule has 0 spiro atoms. The molecule has 0 saturated heterocycles. The Bertz CT molecular complexity index is 332. The number of benzene rings is 1. The van der Waals surface area contributed by atoms with Crippen LogP contribution in [0.1, 0.15) is 23.7 Å². The number of hydrogen-bond acceptors (Lipinski definition) is 1. The van der Waals surface area contributed by atoms with Gasteiger partial charge < -0.3 is 0 Å². The molecule has 14 heavy (non-hydrogen) atoms. The lowest BCUT2D eigenvalue weighted by molar-refractivity contribution is 0.0985. The van der Waals surface area contributed by atoms with Gasteiger partial charge in [-0.05, 0) is 24.6 Å². The van der Waals surface area contributed by atoms with Crippen LogP contribution in [0.4, 0.5) is 4.39 Å². The molecule has 0 aliphatic rings. The van der Waals surface area contributed by atoms with Gasteiger partial charge in [0.05, 0.1) is 5.38 Å². The highest BCUT2D eigenvalue weighted by Crippen LogP contribution is 2.18. The van der Waals surface area contributed by atoms with Crippen molar-refractivity contribution in [1.82, 2.24) is 0 Å². The van der Waals surface area contributed by atoms with Gasteiger partial charge in [0.2, 0.25) is 0 Å². The summed E-state index contributed by atoms with van der Waals surface area (Å²) in [5.74, 6) is -0.823. The Balaban J connectivity index is 3.01. The Morgan fingerprint density at radius 1 is 1.50 bits per heavy atom. The molecule has 0 bridgehead atoms. The fourth-order valence-corrected chi connectivity index (χ4v) is 1.41. The van der Waals surface area contributed by atoms with Crippen LogP contribution in [0.25, 0.3) is 0 Å². The maximum Gasteiger partial charge on any atom is 0.180 e. The van der Waals surface area contributed by atoms with E-state index in [1.54, 1.807) is 6.92 Å². The standard InChI is InChI=1S/C10H9Cl2FO/c1-2-9(12)10(14)6-3-7(11)5-8(13)4-6/h3-5,9H,2H2,1H3. The first kappa shape index (κ1) is 11.5. The van der Waals surface area contributed by atoms with E-state index in [-0.39, 0.29) is 16.4 Å². The Hall–Kier alpha value is -0.600. The average Bonchev–Trinajstić information content (AvgIpc) is 2.14. The van der Waals surface area contributed by atoms with Crippen molar-refractivity contribution in [1.29, 1.82) is 0 Å². The summed E-state index contributed by atoms with van der Waals surface area (Å²) in [6.45, 7) is 1.79. The van der Waals surface area contributed by atoms with Crippen LogP contribution in [0.5, 0.6) is 0 Å². The molecule has 76 valence electrons. The second-order valence-electron chi connectivity index (χ2n) is 2.90. The van der Waals surface area contributed by atoms with E-state index < -0.39 is 11.2 Å². The number of ketones is 1. The van der Waals surface area contributed by atoms with Crippen molar-refractivity contribution in [3.63, 3.8) is 0 Å². The maximum atomic E-state index is 12.9. The van der Waals surface area contributed by atoms with Gasteiger partial charge in [-0.15, -0.1) is 11.6 Å². The fourth-order valence-electron chi connectivity index (χ4n) is 1.06. The lowest BCUT2D eigenvalue weighted by atomic mass is 10.1. The number of carbonyl (C=O) groups is 1. The molecule has 1 unspecified atom stereocenters. The van der Waals surface area contributed by atoms with Crippen LogP contribution in [-0.2, 0) is 0 Å². The summed E-state index contributed by atoms with van der Waals surface area (Å²) in [6, 6.07) is 3.70. The molecule has 1 atom stereocenters. The third-order valence-corrected chi connectivity index (χ3v) is 2.52. The van der Waals surface area contributed by atoms with Crippen LogP contribution in [0, 0.1) is 5.82 Å². The average molecular weight is 235 g/mol. The van der Waals surface area contributed by atoms with Gasteiger partial charge in [0.1, 0.15) is 5.82 Å². The van der Waals surface area contributed by atoms with Gasteiger partial charge in [0.25, 0.3) is 0 Å². The van der Waals surface area contributed by atoms with E-state index >= 15 is 0 Å². The molecule has 0 radical (unpaired) electrons. The molecule has 1 aromatic rings. The van der Waals surface area contributed by atoms with Crippen molar-refractivity contribution in [2.45, 2.75) is 18.7 Å². The van der Waals surface area contributed by atoms with E-state index in [2.05, 4.69) is 0 Å². The molecule has 0 N–H and O–H groups in total. The first-order valence-electron chi connectivity index (χ1n) is 4.19. The summed E-state index contributed by atoms with van der Waals surface area (Å²) in [6.07, 6.45) is 0.508. The maximum absolute atomic E-state index is 12.9. The molecule has 1 rings (SSSR count). The molecule has 0 fully saturated rings. The minimum absolute atomic E-state index is 0.202. The Morgan fingerprint density at radius 3 is 2.64 bits per heavy atom. The molecule has 0 aromatic heterocycles. The van der Waals surface area contributed by atoms with E-state index in [4.69, 9.17) is 23.2 Å². The van der Waals surface area contributed by atoms with Crippen molar-refractivity contribution in [3.8, 4) is 0 Å². The van der Waals surface area contributed by atoms with Gasteiger partial charge in [-0.3, -0.25) is 4.79 Å². The predicted octanol–water partition coefficient (Wildman–Crippen LogP) is 3.68. The summed E-state index contributed by atoms with van der Waals surface area (Å²) in [5.41, 5.74) is 0.219. The molecular formula is C10H9Cl2FO. The smallest absolute Gasteiger partial charge is 0.180 e. The molecule has 1 nitrogen and oxygen atoms in total. The van der Waals surface area contributed by atoms with E-state index in [0.29, 0.717) is 6.42 Å². The minimum atomic E-state index is -0.618. The second kappa shape index (κ2) is 4.76. The van der Waals surface area contributed by atoms with Gasteiger partial charge in [-0.2, -0.15) is 0 Å². The van der Waals surface area contributed by atoms with E-state index in [1.165, 1.54) is 6.07 Å². The number of hydrogen-bond donors (Lipinski definition) is 0. The Morgan fingerprint density at radius 2 is 2.14 bits per heavy atom. The van der Waals surface area contributed by atoms with E-state index in [1.807, 2.05) is 0 Å². The van der Waals surface area contributed by atoms with Crippen molar-refractivity contribution in [2.24, 2.45) is 0 Å². The largest absolute Gasteiger partial charge is 0.293 e. The Kier molecular flexibility index (Phi) is 3.90. The summed E-state index contributed by atoms with van der Waals surface area (Å²) < 4.78 is 12.9. The second-order valence-corrected chi connectivity index (χ2v) is 3.86. The molecule has 0 amide bonds. The number of carbonyl (C=O) groups excluding carboxylic acids is 1. The SMILES string of the molecule is CCC(Cl)C(=O)c1cc(F)cc(Cl)c1. The molecule has 4 heteroatoms. The molecule has 0 saturated carbocycles. The van der Waals surface area contributed by atoms with Gasteiger partial charge in [0.15, 0.2) is 5.78 Å². The van der Waals surface area contributed by atoms with Gasteiger partial charge in [-0.1, -0.05) is 18.5 Å². The van der Waals surface area contributed by atoms with Crippen molar-refractivity contribution < 1.29 is 9.18 Å². The van der Waals surface area contributed by atoms with E-state index in [9.17, 15) is 9.18 Å². The number of alkyl halides is 1. The van der Waals surface area contributed by atoms with E-state index in [0.717, 1.165) is 12.1 Å². The zero-order valence-corrected chi connectivity index (χ0v) is 9.07. The predicted molar refractivity (Wildman–Crippen MR) is 55.7 cm³/mol. The quantitative estimate of drug-likeness (QED) is 0.576. The summed E-state index contributed by atoms with van der Waals surface area (Å²) in [4.78, 5) is 11.5. The number of Topliss-reactive ketones (excluding diaryl/α,β-unsaturated/α-hetero) is 1. The highest BCUT2D eigenvalue weighted by Gasteiger charge is 2.16. The van der Waals surface area contributed by atoms with Crippen LogP contribution >= 0.6 is 23.2 Å². The van der Waals surface area contributed by atoms with Crippen LogP contribution in [-0.4, -0.2) is 11.2 Å². The van der Waals surface area contributed by atoms with Crippen LogP contribution in [0.2, 0.25) is 5.02 Å². The highest BCUT2D eigenvalue weighted by atomic mass is 35.5. The number of halogens is 3. The van der Waals surface area contributed by atoms with Gasteiger partial charge >= 0.3 is 0 Å². The lowest BCUT2D eigenvalue weighted by Crippen LogP contribution is -2.13. The fraction of sp³-hybridized carbons (Fsp3) is 0.300. The van der Waals surface area contributed by atoms with Crippen molar-refractivity contribution in [3.05, 3.63) is 34.6 Å². The Labute approximate surface area is 91.8 Å². The zero-order chi connectivity index (χ0) is 10.7. The molecule has 0 heterocycles. The summed E-state index contributed by atoms with van der Waals surface area (Å²) in [5, 5.41) is -0.416. The number of rotatable bonds is 3. The van der Waals surface area contributed by atoms with Gasteiger partial charge in [0, 0.05) is 10.6 Å². The highest BCUT2D eigenvalue weighted by molar-refractivity contribution is 6.34. The normalized spacial score (nSPS) is 12.6. The topological polar surface area (TPSA) is 17.1 Å². The first-order chi connectivity index (χ1) is 6.54.